The van der Waals surface area contributed by atoms with Crippen LogP contribution in [0.25, 0.3) is 0 Å². The average molecular weight is 437 g/mol. The lowest BCUT2D eigenvalue weighted by molar-refractivity contribution is 0.0640. The zero-order valence-electron chi connectivity index (χ0n) is 16.6. The topological polar surface area (TPSA) is 106 Å². The number of methoxy groups -OCH3 is 1. The smallest absolute Gasteiger partial charge is 0.280 e. The number of nitrogens with one attached hydrogen (secondary N) is 1. The molecule has 0 saturated heterocycles. The lowest BCUT2D eigenvalue weighted by Gasteiger charge is -2.14. The van der Waals surface area contributed by atoms with Gasteiger partial charge in [-0.25, -0.2) is 13.1 Å². The highest BCUT2D eigenvalue weighted by Crippen LogP contribution is 2.23. The molecular weight excluding hydrogens is 418 g/mol. The molecule has 1 aromatic heterocycles. The van der Waals surface area contributed by atoms with Crippen LogP contribution in [0.2, 0.25) is 0 Å². The van der Waals surface area contributed by atoms with Crippen LogP contribution in [0.15, 0.2) is 71.8 Å². The van der Waals surface area contributed by atoms with E-state index in [1.807, 2.05) is 0 Å². The van der Waals surface area contributed by atoms with Gasteiger partial charge in [0, 0.05) is 12.7 Å². The number of fused-ring (bicyclic) bond motifs is 1. The van der Waals surface area contributed by atoms with Gasteiger partial charge >= 0.3 is 0 Å². The first-order valence-corrected chi connectivity index (χ1v) is 10.9. The Kier molecular flexibility index (Phi) is 5.53. The van der Waals surface area contributed by atoms with Crippen molar-refractivity contribution in [3.8, 4) is 5.75 Å². The SMILES string of the molecule is COc1ccc(CNS(=O)(=O)c2ccc(CN3C(=O)c4cccnc4C3=O)cc2)cc1. The maximum atomic E-state index is 12.6. The van der Waals surface area contributed by atoms with Crippen LogP contribution in [0, 0.1) is 0 Å². The first-order chi connectivity index (χ1) is 14.9. The molecule has 0 radical (unpaired) electrons. The standard InChI is InChI=1S/C22H19N3O5S/c1-30-17-8-4-15(5-9-17)13-24-31(28,29)18-10-6-16(7-11-18)14-25-21(26)19-3-2-12-23-20(19)22(25)27/h2-12,24H,13-14H2,1H3. The molecule has 0 unspecified atom stereocenters. The Labute approximate surface area is 179 Å². The van der Waals surface area contributed by atoms with Gasteiger partial charge in [-0.15, -0.1) is 0 Å². The molecule has 31 heavy (non-hydrogen) atoms. The van der Waals surface area contributed by atoms with Gasteiger partial charge in [-0.2, -0.15) is 0 Å². The Morgan fingerprint density at radius 1 is 0.935 bits per heavy atom. The zero-order valence-corrected chi connectivity index (χ0v) is 17.4. The highest BCUT2D eigenvalue weighted by molar-refractivity contribution is 7.89. The van der Waals surface area contributed by atoms with Crippen molar-refractivity contribution in [1.82, 2.24) is 14.6 Å². The summed E-state index contributed by atoms with van der Waals surface area (Å²) in [6.07, 6.45) is 1.46. The summed E-state index contributed by atoms with van der Waals surface area (Å²) in [7, 11) is -2.16. The number of pyridine rings is 1. The largest absolute Gasteiger partial charge is 0.497 e. The number of benzene rings is 2. The van der Waals surface area contributed by atoms with Crippen molar-refractivity contribution in [2.24, 2.45) is 0 Å². The Morgan fingerprint density at radius 3 is 2.26 bits per heavy atom. The van der Waals surface area contributed by atoms with Crippen LogP contribution in [-0.2, 0) is 23.1 Å². The van der Waals surface area contributed by atoms with Crippen LogP contribution < -0.4 is 9.46 Å². The quantitative estimate of drug-likeness (QED) is 0.569. The summed E-state index contributed by atoms with van der Waals surface area (Å²) in [6.45, 7) is 0.170. The summed E-state index contributed by atoms with van der Waals surface area (Å²) in [5, 5.41) is 0. The van der Waals surface area contributed by atoms with Crippen molar-refractivity contribution >= 4 is 21.8 Å². The summed E-state index contributed by atoms with van der Waals surface area (Å²) in [5.74, 6) is -0.180. The van der Waals surface area contributed by atoms with Crippen LogP contribution in [-0.4, -0.2) is 37.2 Å². The Balaban J connectivity index is 1.43. The summed E-state index contributed by atoms with van der Waals surface area (Å²) >= 11 is 0. The molecule has 0 atom stereocenters. The van der Waals surface area contributed by atoms with Gasteiger partial charge in [0.05, 0.1) is 24.1 Å². The molecule has 4 rings (SSSR count). The molecule has 0 bridgehead atoms. The van der Waals surface area contributed by atoms with Gasteiger partial charge in [-0.1, -0.05) is 24.3 Å². The van der Waals surface area contributed by atoms with E-state index in [1.165, 1.54) is 18.3 Å². The lowest BCUT2D eigenvalue weighted by atomic mass is 10.2. The second-order valence-electron chi connectivity index (χ2n) is 6.91. The van der Waals surface area contributed by atoms with E-state index in [1.54, 1.807) is 55.6 Å². The van der Waals surface area contributed by atoms with E-state index >= 15 is 0 Å². The number of imide groups is 1. The lowest BCUT2D eigenvalue weighted by Crippen LogP contribution is -2.29. The van der Waals surface area contributed by atoms with E-state index in [0.717, 1.165) is 10.5 Å². The number of carbonyl (C=O) groups excluding carboxylic acids is 2. The third-order valence-corrected chi connectivity index (χ3v) is 6.35. The van der Waals surface area contributed by atoms with E-state index in [0.29, 0.717) is 11.3 Å². The van der Waals surface area contributed by atoms with Crippen molar-refractivity contribution in [3.05, 3.63) is 89.2 Å². The molecule has 8 nitrogen and oxygen atoms in total. The van der Waals surface area contributed by atoms with Gasteiger partial charge in [0.15, 0.2) is 0 Å². The molecule has 1 N–H and O–H groups in total. The monoisotopic (exact) mass is 437 g/mol. The normalized spacial score (nSPS) is 13.4. The number of sulfonamides is 1. The molecule has 0 aliphatic carbocycles. The van der Waals surface area contributed by atoms with E-state index in [4.69, 9.17) is 4.74 Å². The van der Waals surface area contributed by atoms with Gasteiger partial charge in [0.1, 0.15) is 11.4 Å². The van der Waals surface area contributed by atoms with Gasteiger partial charge in [-0.05, 0) is 47.5 Å². The second kappa shape index (κ2) is 8.29. The van der Waals surface area contributed by atoms with Crippen LogP contribution in [0.3, 0.4) is 0 Å². The molecule has 0 saturated carbocycles. The number of hydrogen-bond acceptors (Lipinski definition) is 6. The number of hydrogen-bond donors (Lipinski definition) is 1. The maximum Gasteiger partial charge on any atom is 0.280 e. The molecule has 1 aliphatic rings. The van der Waals surface area contributed by atoms with Crippen LogP contribution in [0.4, 0.5) is 0 Å². The fourth-order valence-corrected chi connectivity index (χ4v) is 4.24. The zero-order chi connectivity index (χ0) is 22.0. The fourth-order valence-electron chi connectivity index (χ4n) is 3.22. The van der Waals surface area contributed by atoms with Crippen molar-refractivity contribution in [2.75, 3.05) is 7.11 Å². The first-order valence-electron chi connectivity index (χ1n) is 9.42. The van der Waals surface area contributed by atoms with Crippen LogP contribution >= 0.6 is 0 Å². The number of amides is 2. The van der Waals surface area contributed by atoms with Crippen molar-refractivity contribution in [2.45, 2.75) is 18.0 Å². The van der Waals surface area contributed by atoms with E-state index < -0.39 is 21.8 Å². The number of ether oxygens (including phenoxy) is 1. The molecule has 2 amide bonds. The fraction of sp³-hybridized carbons (Fsp3) is 0.136. The Bertz CT molecular complexity index is 1200. The summed E-state index contributed by atoms with van der Waals surface area (Å²) < 4.78 is 32.8. The number of carbonyl (C=O) groups is 2. The maximum absolute atomic E-state index is 12.6. The van der Waals surface area contributed by atoms with Gasteiger partial charge in [-0.3, -0.25) is 19.5 Å². The minimum Gasteiger partial charge on any atom is -0.497 e. The van der Waals surface area contributed by atoms with Gasteiger partial charge in [0.25, 0.3) is 11.8 Å². The Morgan fingerprint density at radius 2 is 1.61 bits per heavy atom. The van der Waals surface area contributed by atoms with E-state index in [2.05, 4.69) is 9.71 Å². The molecule has 9 heteroatoms. The van der Waals surface area contributed by atoms with Crippen molar-refractivity contribution in [3.63, 3.8) is 0 Å². The molecule has 1 aliphatic heterocycles. The molecule has 0 spiro atoms. The highest BCUT2D eigenvalue weighted by atomic mass is 32.2. The van der Waals surface area contributed by atoms with Crippen LogP contribution in [0.5, 0.6) is 5.75 Å². The first kappa shape index (κ1) is 20.7. The molecule has 158 valence electrons. The average Bonchev–Trinajstić information content (AvgIpc) is 3.03. The second-order valence-corrected chi connectivity index (χ2v) is 8.68. The summed E-state index contributed by atoms with van der Waals surface area (Å²) in [4.78, 5) is 30.0. The molecule has 2 aromatic carbocycles. The third kappa shape index (κ3) is 4.18. The molecular formula is C22H19N3O5S. The minimum absolute atomic E-state index is 0.0353. The van der Waals surface area contributed by atoms with Crippen molar-refractivity contribution in [1.29, 1.82) is 0 Å². The van der Waals surface area contributed by atoms with E-state index in [9.17, 15) is 18.0 Å². The predicted molar refractivity (Wildman–Crippen MR) is 112 cm³/mol. The third-order valence-electron chi connectivity index (χ3n) is 4.93. The number of nitrogens with zero attached hydrogens (tertiary/aromatic N) is 2. The van der Waals surface area contributed by atoms with E-state index in [-0.39, 0.29) is 29.2 Å². The number of aromatic nitrogens is 1. The predicted octanol–water partition coefficient (Wildman–Crippen LogP) is 2.36. The van der Waals surface area contributed by atoms with Crippen molar-refractivity contribution < 1.29 is 22.7 Å². The highest BCUT2D eigenvalue weighted by Gasteiger charge is 2.36. The van der Waals surface area contributed by atoms with Gasteiger partial charge in [0.2, 0.25) is 10.0 Å². The van der Waals surface area contributed by atoms with Crippen LogP contribution in [0.1, 0.15) is 32.0 Å². The molecule has 3 aromatic rings. The summed E-state index contributed by atoms with van der Waals surface area (Å²) in [6, 6.07) is 16.3. The summed E-state index contributed by atoms with van der Waals surface area (Å²) in [5.41, 5.74) is 1.83. The Hall–Kier alpha value is -3.56. The molecule has 0 fully saturated rings. The minimum atomic E-state index is -3.72. The van der Waals surface area contributed by atoms with Gasteiger partial charge < -0.3 is 4.74 Å². The number of rotatable bonds is 7. The molecule has 2 heterocycles.